The minimum Gasteiger partial charge on any atom is -0.494 e. The average molecular weight is 230 g/mol. The van der Waals surface area contributed by atoms with E-state index in [0.717, 1.165) is 40.0 Å². The lowest BCUT2D eigenvalue weighted by Gasteiger charge is -2.19. The van der Waals surface area contributed by atoms with Crippen molar-refractivity contribution in [2.45, 2.75) is 13.0 Å². The Morgan fingerprint density at radius 3 is 3.12 bits per heavy atom. The minimum absolute atomic E-state index is 0.557. The zero-order chi connectivity index (χ0) is 11.8. The molecule has 3 rings (SSSR count). The first kappa shape index (κ1) is 10.4. The summed E-state index contributed by atoms with van der Waals surface area (Å²) in [5.41, 5.74) is 9.85. The van der Waals surface area contributed by atoms with Crippen LogP contribution in [0.3, 0.4) is 0 Å². The van der Waals surface area contributed by atoms with Crippen molar-refractivity contribution in [2.24, 2.45) is 0 Å². The fourth-order valence-corrected chi connectivity index (χ4v) is 2.25. The molecule has 0 spiro atoms. The second kappa shape index (κ2) is 3.89. The molecule has 1 aromatic carbocycles. The van der Waals surface area contributed by atoms with Crippen molar-refractivity contribution in [1.29, 1.82) is 0 Å². The lowest BCUT2D eigenvalue weighted by molar-refractivity contribution is 0.110. The Kier molecular flexibility index (Phi) is 2.37. The maximum Gasteiger partial charge on any atom is 0.145 e. The highest BCUT2D eigenvalue weighted by Crippen LogP contribution is 2.33. The number of nitrogens with zero attached hydrogens (tertiary/aromatic N) is 1. The number of nitrogens with two attached hydrogens (primary N) is 1. The summed E-state index contributed by atoms with van der Waals surface area (Å²) in [6, 6.07) is 5.80. The van der Waals surface area contributed by atoms with Gasteiger partial charge in [0.25, 0.3) is 0 Å². The predicted octanol–water partition coefficient (Wildman–Crippen LogP) is 1.90. The summed E-state index contributed by atoms with van der Waals surface area (Å²) < 4.78 is 10.8. The van der Waals surface area contributed by atoms with E-state index in [-0.39, 0.29) is 0 Å². The summed E-state index contributed by atoms with van der Waals surface area (Å²) in [4.78, 5) is 4.66. The van der Waals surface area contributed by atoms with E-state index in [1.807, 2.05) is 18.2 Å². The number of aromatic nitrogens is 1. The number of rotatable bonds is 1. The number of anilines is 1. The molecule has 1 aliphatic rings. The van der Waals surface area contributed by atoms with E-state index in [9.17, 15) is 0 Å². The number of benzene rings is 1. The van der Waals surface area contributed by atoms with Gasteiger partial charge in [0.15, 0.2) is 0 Å². The molecular weight excluding hydrogens is 216 g/mol. The van der Waals surface area contributed by atoms with Gasteiger partial charge in [0.2, 0.25) is 0 Å². The normalized spacial score (nSPS) is 14.6. The highest BCUT2D eigenvalue weighted by Gasteiger charge is 2.18. The van der Waals surface area contributed by atoms with Crippen LogP contribution < -0.4 is 10.5 Å². The van der Waals surface area contributed by atoms with Gasteiger partial charge >= 0.3 is 0 Å². The Bertz CT molecular complexity index is 581. The Balaban J connectivity index is 2.35. The molecule has 2 heterocycles. The number of hydrogen-bond acceptors (Lipinski definition) is 4. The average Bonchev–Trinajstić information content (AvgIpc) is 2.38. The Hall–Kier alpha value is -1.81. The van der Waals surface area contributed by atoms with Crippen LogP contribution in [-0.4, -0.2) is 18.7 Å². The number of pyridine rings is 1. The largest absolute Gasteiger partial charge is 0.494 e. The van der Waals surface area contributed by atoms with E-state index >= 15 is 0 Å². The minimum atomic E-state index is 0.557. The molecule has 0 saturated carbocycles. The molecule has 2 N–H and O–H groups in total. The van der Waals surface area contributed by atoms with Gasteiger partial charge in [-0.1, -0.05) is 12.1 Å². The molecule has 4 heteroatoms. The molecule has 2 aromatic rings. The molecule has 0 fully saturated rings. The van der Waals surface area contributed by atoms with Gasteiger partial charge in [0.1, 0.15) is 11.3 Å². The lowest BCUT2D eigenvalue weighted by atomic mass is 10.0. The topological polar surface area (TPSA) is 57.4 Å². The van der Waals surface area contributed by atoms with Crippen molar-refractivity contribution in [3.05, 3.63) is 29.5 Å². The lowest BCUT2D eigenvalue weighted by Crippen LogP contribution is -2.14. The molecular formula is C13H14N2O2. The number of methoxy groups -OCH3 is 1. The molecule has 88 valence electrons. The number of hydrogen-bond donors (Lipinski definition) is 1. The second-order valence-electron chi connectivity index (χ2n) is 4.11. The number of nitrogen functional groups attached to an aromatic ring is 1. The molecule has 1 aliphatic heterocycles. The maximum atomic E-state index is 6.19. The Labute approximate surface area is 99.4 Å². The number of ether oxygens (including phenoxy) is 2. The first-order valence-corrected chi connectivity index (χ1v) is 5.63. The Morgan fingerprint density at radius 2 is 2.29 bits per heavy atom. The van der Waals surface area contributed by atoms with Crippen molar-refractivity contribution in [1.82, 2.24) is 4.98 Å². The predicted molar refractivity (Wildman–Crippen MR) is 66.1 cm³/mol. The highest BCUT2D eigenvalue weighted by atomic mass is 16.5. The fraction of sp³-hybridized carbons (Fsp3) is 0.308. The van der Waals surface area contributed by atoms with E-state index in [2.05, 4.69) is 4.98 Å². The van der Waals surface area contributed by atoms with Crippen molar-refractivity contribution in [2.75, 3.05) is 19.5 Å². The zero-order valence-electron chi connectivity index (χ0n) is 9.69. The van der Waals surface area contributed by atoms with E-state index in [4.69, 9.17) is 15.2 Å². The van der Waals surface area contributed by atoms with Gasteiger partial charge in [-0.05, 0) is 6.07 Å². The molecule has 0 amide bonds. The summed E-state index contributed by atoms with van der Waals surface area (Å²) in [5, 5.41) is 0.939. The van der Waals surface area contributed by atoms with Gasteiger partial charge in [-0.3, -0.25) is 0 Å². The summed E-state index contributed by atoms with van der Waals surface area (Å²) in [7, 11) is 1.65. The molecule has 0 atom stereocenters. The van der Waals surface area contributed by atoms with Gasteiger partial charge < -0.3 is 15.2 Å². The molecule has 0 unspecified atom stereocenters. The van der Waals surface area contributed by atoms with Crippen molar-refractivity contribution < 1.29 is 9.47 Å². The first-order chi connectivity index (χ1) is 8.31. The quantitative estimate of drug-likeness (QED) is 0.812. The van der Waals surface area contributed by atoms with Crippen LogP contribution in [0.15, 0.2) is 18.2 Å². The molecule has 1 aromatic heterocycles. The summed E-state index contributed by atoms with van der Waals surface area (Å²) in [6.45, 7) is 1.27. The monoisotopic (exact) mass is 230 g/mol. The van der Waals surface area contributed by atoms with Crippen LogP contribution in [0, 0.1) is 0 Å². The highest BCUT2D eigenvalue weighted by molar-refractivity contribution is 5.95. The zero-order valence-corrected chi connectivity index (χ0v) is 9.69. The molecule has 0 saturated heterocycles. The number of para-hydroxylation sites is 1. The second-order valence-corrected chi connectivity index (χ2v) is 4.11. The van der Waals surface area contributed by atoms with E-state index in [1.165, 1.54) is 0 Å². The van der Waals surface area contributed by atoms with E-state index in [0.29, 0.717) is 13.2 Å². The van der Waals surface area contributed by atoms with Crippen LogP contribution in [0.4, 0.5) is 5.69 Å². The van der Waals surface area contributed by atoms with Crippen LogP contribution in [-0.2, 0) is 17.8 Å². The van der Waals surface area contributed by atoms with Crippen LogP contribution >= 0.6 is 0 Å². The Morgan fingerprint density at radius 1 is 1.41 bits per heavy atom. The van der Waals surface area contributed by atoms with E-state index < -0.39 is 0 Å². The first-order valence-electron chi connectivity index (χ1n) is 5.63. The van der Waals surface area contributed by atoms with Gasteiger partial charge in [-0.25, -0.2) is 4.98 Å². The van der Waals surface area contributed by atoms with E-state index in [1.54, 1.807) is 7.11 Å². The van der Waals surface area contributed by atoms with Crippen LogP contribution in [0.5, 0.6) is 5.75 Å². The third-order valence-electron chi connectivity index (χ3n) is 3.16. The summed E-state index contributed by atoms with van der Waals surface area (Å²) in [5.74, 6) is 0.767. The molecule has 17 heavy (non-hydrogen) atoms. The van der Waals surface area contributed by atoms with Gasteiger partial charge in [0.05, 0.1) is 26.0 Å². The van der Waals surface area contributed by atoms with Crippen LogP contribution in [0.25, 0.3) is 10.9 Å². The number of fused-ring (bicyclic) bond motifs is 2. The summed E-state index contributed by atoms with van der Waals surface area (Å²) in [6.07, 6.45) is 0.813. The maximum absolute atomic E-state index is 6.19. The van der Waals surface area contributed by atoms with Gasteiger partial charge in [-0.15, -0.1) is 0 Å². The van der Waals surface area contributed by atoms with Crippen LogP contribution in [0.1, 0.15) is 11.3 Å². The molecule has 4 nitrogen and oxygen atoms in total. The smallest absolute Gasteiger partial charge is 0.145 e. The molecule has 0 radical (unpaired) electrons. The third-order valence-corrected chi connectivity index (χ3v) is 3.16. The van der Waals surface area contributed by atoms with Gasteiger partial charge in [-0.2, -0.15) is 0 Å². The third kappa shape index (κ3) is 1.52. The molecule has 0 aliphatic carbocycles. The van der Waals surface area contributed by atoms with Crippen molar-refractivity contribution in [3.8, 4) is 5.75 Å². The van der Waals surface area contributed by atoms with Gasteiger partial charge in [0, 0.05) is 23.1 Å². The summed E-state index contributed by atoms with van der Waals surface area (Å²) >= 11 is 0. The fourth-order valence-electron chi connectivity index (χ4n) is 2.25. The molecule has 0 bridgehead atoms. The van der Waals surface area contributed by atoms with Crippen molar-refractivity contribution >= 4 is 16.6 Å². The van der Waals surface area contributed by atoms with Crippen molar-refractivity contribution in [3.63, 3.8) is 0 Å². The standard InChI is InChI=1S/C13H14N2O2/c1-16-11-4-2-3-8-12(14)9-7-17-6-5-10(9)15-13(8)11/h2-4H,5-7H2,1H3,(H2,14,15). The SMILES string of the molecule is COc1cccc2c(N)c3c(nc12)CCOC3. The van der Waals surface area contributed by atoms with Crippen LogP contribution in [0.2, 0.25) is 0 Å².